The minimum absolute atomic E-state index is 0.0419. The monoisotopic (exact) mass is 591 g/mol. The van der Waals surface area contributed by atoms with E-state index >= 15 is 0 Å². The zero-order valence-electron chi connectivity index (χ0n) is 25.9. The second kappa shape index (κ2) is 15.0. The minimum Gasteiger partial charge on any atom is -0.381 e. The van der Waals surface area contributed by atoms with Crippen molar-refractivity contribution in [3.05, 3.63) is 0 Å². The summed E-state index contributed by atoms with van der Waals surface area (Å²) >= 11 is 0. The van der Waals surface area contributed by atoms with Crippen LogP contribution in [0.15, 0.2) is 0 Å². The van der Waals surface area contributed by atoms with Crippen LogP contribution in [0.5, 0.6) is 0 Å². The maximum absolute atomic E-state index is 13.7. The number of piperidine rings is 1. The fourth-order valence-corrected chi connectivity index (χ4v) is 6.66. The van der Waals surface area contributed by atoms with E-state index in [1.54, 1.807) is 4.90 Å². The first-order valence-electron chi connectivity index (χ1n) is 16.1. The molecule has 4 saturated heterocycles. The number of nitrogens with zero attached hydrogens (tertiary/aromatic N) is 1. The first-order valence-corrected chi connectivity index (χ1v) is 16.1. The minimum atomic E-state index is -0.750. The van der Waals surface area contributed by atoms with Crippen LogP contribution in [0.2, 0.25) is 0 Å². The molecule has 0 aromatic heterocycles. The predicted octanol–water partition coefficient (Wildman–Crippen LogP) is 1.64. The van der Waals surface area contributed by atoms with Gasteiger partial charge in [-0.05, 0) is 63.2 Å². The summed E-state index contributed by atoms with van der Waals surface area (Å²) in [5.74, 6) is -0.335. The van der Waals surface area contributed by atoms with E-state index in [4.69, 9.17) is 9.47 Å². The van der Waals surface area contributed by atoms with Crippen LogP contribution in [-0.4, -0.2) is 98.8 Å². The number of carbonyl (C=O) groups excluding carboxylic acids is 4. The molecule has 11 heteroatoms. The lowest BCUT2D eigenvalue weighted by atomic mass is 9.78. The van der Waals surface area contributed by atoms with Gasteiger partial charge in [0.1, 0.15) is 6.04 Å². The number of hydrogen-bond donors (Lipinski definition) is 4. The first kappa shape index (κ1) is 32.7. The van der Waals surface area contributed by atoms with Crippen LogP contribution in [-0.2, 0) is 28.7 Å². The molecule has 11 nitrogen and oxygen atoms in total. The zero-order chi connectivity index (χ0) is 30.2. The van der Waals surface area contributed by atoms with E-state index in [2.05, 4.69) is 21.3 Å². The Kier molecular flexibility index (Phi) is 11.6. The molecule has 0 radical (unpaired) electrons. The van der Waals surface area contributed by atoms with Crippen molar-refractivity contribution in [2.75, 3.05) is 46.1 Å². The van der Waals surface area contributed by atoms with Gasteiger partial charge < -0.3 is 35.6 Å². The second-order valence-electron chi connectivity index (χ2n) is 13.9. The van der Waals surface area contributed by atoms with E-state index in [0.717, 1.165) is 45.3 Å². The molecule has 0 bridgehead atoms. The molecule has 4 aliphatic rings. The number of carbonyl (C=O) groups is 4. The molecule has 0 saturated carbocycles. The molecule has 4 N–H and O–H groups in total. The van der Waals surface area contributed by atoms with Gasteiger partial charge in [0.25, 0.3) is 0 Å². The summed E-state index contributed by atoms with van der Waals surface area (Å²) in [7, 11) is 0. The Morgan fingerprint density at radius 1 is 1.00 bits per heavy atom. The van der Waals surface area contributed by atoms with Crippen LogP contribution in [0.25, 0.3) is 0 Å². The van der Waals surface area contributed by atoms with Crippen LogP contribution in [0.1, 0.15) is 91.4 Å². The molecule has 238 valence electrons. The standard InChI is InChI=1S/C31H53N5O6/c1-30(2,3)20-26(37)32-12-5-4-6-23-19-27(38)36-13-7-24(34-22-8-14-41-15-9-22)18-25(36)28(39)33-21-31(29(40)35-23)10-16-42-17-11-31/h22-25,34H,4-21H2,1-3H3,(H,32,37)(H,33,39)(H,35,40)/t23-,24+,25-/m0/s1. The third-order valence-corrected chi connectivity index (χ3v) is 9.20. The molecule has 3 atom stereocenters. The van der Waals surface area contributed by atoms with E-state index < -0.39 is 11.5 Å². The molecule has 0 unspecified atom stereocenters. The Balaban J connectivity index is 1.42. The molecule has 4 aliphatic heterocycles. The van der Waals surface area contributed by atoms with Gasteiger partial charge in [-0.25, -0.2) is 0 Å². The van der Waals surface area contributed by atoms with Crippen LogP contribution < -0.4 is 21.3 Å². The summed E-state index contributed by atoms with van der Waals surface area (Å²) in [6.07, 6.45) is 7.12. The van der Waals surface area contributed by atoms with E-state index in [0.29, 0.717) is 64.4 Å². The number of hydrogen-bond acceptors (Lipinski definition) is 7. The predicted molar refractivity (Wildman–Crippen MR) is 158 cm³/mol. The fraction of sp³-hybridized carbons (Fsp3) is 0.871. The highest BCUT2D eigenvalue weighted by Gasteiger charge is 2.44. The quantitative estimate of drug-likeness (QED) is 0.315. The van der Waals surface area contributed by atoms with E-state index in [9.17, 15) is 19.2 Å². The lowest BCUT2D eigenvalue weighted by Gasteiger charge is -2.41. The van der Waals surface area contributed by atoms with Crippen LogP contribution in [0.4, 0.5) is 0 Å². The highest BCUT2D eigenvalue weighted by molar-refractivity contribution is 5.90. The molecule has 4 heterocycles. The number of rotatable bonds is 8. The summed E-state index contributed by atoms with van der Waals surface area (Å²) in [6, 6.07) is -0.375. The van der Waals surface area contributed by atoms with Gasteiger partial charge in [0.15, 0.2) is 0 Å². The van der Waals surface area contributed by atoms with Gasteiger partial charge in [-0.3, -0.25) is 19.2 Å². The van der Waals surface area contributed by atoms with Crippen molar-refractivity contribution in [2.24, 2.45) is 10.8 Å². The summed E-state index contributed by atoms with van der Waals surface area (Å²) < 4.78 is 11.1. The molecule has 4 amide bonds. The molecule has 0 aromatic rings. The third kappa shape index (κ3) is 9.38. The van der Waals surface area contributed by atoms with E-state index in [1.807, 2.05) is 20.8 Å². The normalized spacial score (nSPS) is 27.9. The van der Waals surface area contributed by atoms with Crippen molar-refractivity contribution in [2.45, 2.75) is 116 Å². The number of unbranched alkanes of at least 4 members (excludes halogenated alkanes) is 1. The fourth-order valence-electron chi connectivity index (χ4n) is 6.66. The maximum atomic E-state index is 13.7. The number of amides is 4. The van der Waals surface area contributed by atoms with Crippen molar-refractivity contribution in [3.63, 3.8) is 0 Å². The lowest BCUT2D eigenvalue weighted by molar-refractivity contribution is -0.143. The van der Waals surface area contributed by atoms with Crippen molar-refractivity contribution in [1.29, 1.82) is 0 Å². The summed E-state index contributed by atoms with van der Waals surface area (Å²) in [5.41, 5.74) is -0.813. The largest absolute Gasteiger partial charge is 0.381 e. The van der Waals surface area contributed by atoms with Gasteiger partial charge in [-0.2, -0.15) is 0 Å². The smallest absolute Gasteiger partial charge is 0.242 e. The number of ether oxygens (including phenoxy) is 2. The Morgan fingerprint density at radius 3 is 2.43 bits per heavy atom. The van der Waals surface area contributed by atoms with E-state index in [-0.39, 0.29) is 54.1 Å². The SMILES string of the molecule is CC(C)(C)CC(=O)NCCCC[C@H]1CC(=O)N2CC[C@@H](NC3CCOCC3)C[C@H]2C(=O)NCC2(CCOCC2)C(=O)N1. The van der Waals surface area contributed by atoms with Gasteiger partial charge in [-0.15, -0.1) is 0 Å². The molecule has 42 heavy (non-hydrogen) atoms. The van der Waals surface area contributed by atoms with Crippen molar-refractivity contribution < 1.29 is 28.7 Å². The van der Waals surface area contributed by atoms with Gasteiger partial charge in [0, 0.05) is 77.0 Å². The zero-order valence-corrected chi connectivity index (χ0v) is 25.9. The van der Waals surface area contributed by atoms with Gasteiger partial charge in [0.2, 0.25) is 23.6 Å². The van der Waals surface area contributed by atoms with Crippen molar-refractivity contribution in [3.8, 4) is 0 Å². The van der Waals surface area contributed by atoms with Crippen LogP contribution >= 0.6 is 0 Å². The van der Waals surface area contributed by atoms with Crippen LogP contribution in [0.3, 0.4) is 0 Å². The summed E-state index contributed by atoms with van der Waals surface area (Å²) in [5, 5.41) is 13.0. The van der Waals surface area contributed by atoms with Gasteiger partial charge >= 0.3 is 0 Å². The third-order valence-electron chi connectivity index (χ3n) is 9.20. The maximum Gasteiger partial charge on any atom is 0.242 e. The van der Waals surface area contributed by atoms with Crippen molar-refractivity contribution in [1.82, 2.24) is 26.2 Å². The Hall–Kier alpha value is -2.24. The first-order chi connectivity index (χ1) is 20.0. The number of nitrogens with one attached hydrogen (secondary N) is 4. The highest BCUT2D eigenvalue weighted by Crippen LogP contribution is 2.32. The Bertz CT molecular complexity index is 941. The Labute approximate surface area is 250 Å². The van der Waals surface area contributed by atoms with Crippen LogP contribution in [0, 0.1) is 10.8 Å². The second-order valence-corrected chi connectivity index (χ2v) is 13.9. The molecule has 1 spiro atoms. The molecule has 0 aromatic carbocycles. The average Bonchev–Trinajstić information content (AvgIpc) is 2.96. The molecule has 4 fully saturated rings. The molecular weight excluding hydrogens is 538 g/mol. The van der Waals surface area contributed by atoms with Gasteiger partial charge in [-0.1, -0.05) is 20.8 Å². The topological polar surface area (TPSA) is 138 Å². The number of fused-ring (bicyclic) bond motifs is 1. The highest BCUT2D eigenvalue weighted by atomic mass is 16.5. The molecule has 0 aliphatic carbocycles. The van der Waals surface area contributed by atoms with Crippen molar-refractivity contribution >= 4 is 23.6 Å². The lowest BCUT2D eigenvalue weighted by Crippen LogP contribution is -2.59. The summed E-state index contributed by atoms with van der Waals surface area (Å²) in [6.45, 7) is 9.86. The molecule has 4 rings (SSSR count). The van der Waals surface area contributed by atoms with E-state index in [1.165, 1.54) is 0 Å². The Morgan fingerprint density at radius 2 is 1.71 bits per heavy atom. The average molecular weight is 592 g/mol. The van der Waals surface area contributed by atoms with Gasteiger partial charge in [0.05, 0.1) is 5.41 Å². The molecular formula is C31H53N5O6. The summed E-state index contributed by atoms with van der Waals surface area (Å²) in [4.78, 5) is 55.0.